The number of rotatable bonds is 6. The van der Waals surface area contributed by atoms with Gasteiger partial charge in [-0.15, -0.1) is 0 Å². The molecular formula is C25H27N3O6. The number of carbonyl (C=O) groups excluding carboxylic acids is 2. The average molecular weight is 466 g/mol. The van der Waals surface area contributed by atoms with E-state index >= 15 is 0 Å². The summed E-state index contributed by atoms with van der Waals surface area (Å²) >= 11 is 0. The zero-order valence-electron chi connectivity index (χ0n) is 19.2. The molecule has 2 aromatic carbocycles. The van der Waals surface area contributed by atoms with Crippen molar-refractivity contribution in [3.05, 3.63) is 80.4 Å². The molecule has 0 radical (unpaired) electrons. The molecule has 0 spiro atoms. The van der Waals surface area contributed by atoms with E-state index in [1.165, 1.54) is 29.2 Å². The van der Waals surface area contributed by atoms with Crippen LogP contribution in [-0.4, -0.2) is 70.9 Å². The molecule has 4 rings (SSSR count). The van der Waals surface area contributed by atoms with E-state index in [-0.39, 0.29) is 23.6 Å². The van der Waals surface area contributed by atoms with Gasteiger partial charge < -0.3 is 14.7 Å². The van der Waals surface area contributed by atoms with Gasteiger partial charge in [-0.25, -0.2) is 0 Å². The number of nitro groups is 1. The Morgan fingerprint density at radius 2 is 1.76 bits per heavy atom. The monoisotopic (exact) mass is 465 g/mol. The van der Waals surface area contributed by atoms with E-state index in [4.69, 9.17) is 4.74 Å². The zero-order chi connectivity index (χ0) is 24.4. The number of hydrogen-bond acceptors (Lipinski definition) is 7. The fourth-order valence-electron chi connectivity index (χ4n) is 4.45. The average Bonchev–Trinajstić information content (AvgIpc) is 3.09. The quantitative estimate of drug-likeness (QED) is 0.229. The molecule has 0 aliphatic carbocycles. The molecule has 2 aromatic rings. The third kappa shape index (κ3) is 4.57. The number of aryl methyl sites for hydroxylation is 2. The summed E-state index contributed by atoms with van der Waals surface area (Å²) in [6, 6.07) is 10.4. The van der Waals surface area contributed by atoms with E-state index in [1.54, 1.807) is 6.07 Å². The Hall–Kier alpha value is -3.56. The topological polar surface area (TPSA) is 113 Å². The third-order valence-corrected chi connectivity index (χ3v) is 6.37. The maximum atomic E-state index is 13.2. The summed E-state index contributed by atoms with van der Waals surface area (Å²) in [6.07, 6.45) is 0. The van der Waals surface area contributed by atoms with Crippen molar-refractivity contribution in [2.45, 2.75) is 19.9 Å². The molecule has 0 unspecified atom stereocenters. The van der Waals surface area contributed by atoms with Crippen LogP contribution < -0.4 is 0 Å². The van der Waals surface area contributed by atoms with Gasteiger partial charge in [0, 0.05) is 43.9 Å². The Labute approximate surface area is 197 Å². The minimum atomic E-state index is -0.846. The lowest BCUT2D eigenvalue weighted by Crippen LogP contribution is -2.42. The number of ketones is 1. The van der Waals surface area contributed by atoms with Crippen LogP contribution in [0.5, 0.6) is 0 Å². The number of morpholine rings is 1. The van der Waals surface area contributed by atoms with E-state index in [9.17, 15) is 24.8 Å². The number of ether oxygens (including phenoxy) is 1. The van der Waals surface area contributed by atoms with Crippen molar-refractivity contribution in [3.8, 4) is 0 Å². The number of non-ortho nitro benzene ring substituents is 1. The van der Waals surface area contributed by atoms with E-state index in [1.807, 2.05) is 26.0 Å². The van der Waals surface area contributed by atoms with Crippen LogP contribution in [0.4, 0.5) is 5.69 Å². The molecule has 2 fully saturated rings. The second kappa shape index (κ2) is 9.74. The first-order chi connectivity index (χ1) is 16.3. The number of carbonyl (C=O) groups is 2. The van der Waals surface area contributed by atoms with Crippen molar-refractivity contribution in [2.75, 3.05) is 39.4 Å². The van der Waals surface area contributed by atoms with Gasteiger partial charge in [0.25, 0.3) is 17.4 Å². The van der Waals surface area contributed by atoms with E-state index in [0.717, 1.165) is 24.2 Å². The number of hydrogen-bond donors (Lipinski definition) is 1. The van der Waals surface area contributed by atoms with Crippen LogP contribution in [0.2, 0.25) is 0 Å². The highest BCUT2D eigenvalue weighted by atomic mass is 16.6. The van der Waals surface area contributed by atoms with Crippen molar-refractivity contribution in [2.24, 2.45) is 0 Å². The minimum absolute atomic E-state index is 0.00506. The van der Waals surface area contributed by atoms with E-state index in [0.29, 0.717) is 30.9 Å². The van der Waals surface area contributed by atoms with Gasteiger partial charge in [0.1, 0.15) is 5.76 Å². The number of aliphatic hydroxyl groups is 1. The molecule has 2 saturated heterocycles. The summed E-state index contributed by atoms with van der Waals surface area (Å²) in [7, 11) is 0. The summed E-state index contributed by atoms with van der Waals surface area (Å²) in [5, 5.41) is 22.4. The van der Waals surface area contributed by atoms with Crippen LogP contribution in [0.3, 0.4) is 0 Å². The van der Waals surface area contributed by atoms with Gasteiger partial charge in [-0.1, -0.05) is 17.7 Å². The van der Waals surface area contributed by atoms with Crippen LogP contribution in [0.15, 0.2) is 48.0 Å². The molecule has 1 atom stereocenters. The maximum Gasteiger partial charge on any atom is 0.295 e. The molecule has 1 amide bonds. The van der Waals surface area contributed by atoms with Crippen molar-refractivity contribution < 1.29 is 24.4 Å². The lowest BCUT2D eigenvalue weighted by molar-refractivity contribution is -0.384. The SMILES string of the molecule is Cc1ccc(C)c(C(O)=C2C(=O)C(=O)N(CCN3CCOCC3)[C@H]2c2ccc([N+](=O)[O-])cc2)c1. The van der Waals surface area contributed by atoms with Crippen molar-refractivity contribution in [1.29, 1.82) is 0 Å². The normalized spacial score (nSPS) is 20.6. The summed E-state index contributed by atoms with van der Waals surface area (Å²) < 4.78 is 5.38. The Balaban J connectivity index is 1.78. The van der Waals surface area contributed by atoms with Gasteiger partial charge in [-0.2, -0.15) is 0 Å². The van der Waals surface area contributed by atoms with Crippen molar-refractivity contribution in [1.82, 2.24) is 9.80 Å². The first-order valence-corrected chi connectivity index (χ1v) is 11.2. The van der Waals surface area contributed by atoms with Gasteiger partial charge in [-0.05, 0) is 43.2 Å². The summed E-state index contributed by atoms with van der Waals surface area (Å²) in [5.41, 5.74) is 2.58. The smallest absolute Gasteiger partial charge is 0.295 e. The predicted molar refractivity (Wildman–Crippen MR) is 125 cm³/mol. The van der Waals surface area contributed by atoms with Crippen molar-refractivity contribution >= 4 is 23.1 Å². The number of Topliss-reactive ketones (excluding diaryl/α,β-unsaturated/α-hetero) is 1. The first kappa shape index (κ1) is 23.6. The molecular weight excluding hydrogens is 438 g/mol. The molecule has 1 N–H and O–H groups in total. The minimum Gasteiger partial charge on any atom is -0.507 e. The molecule has 2 heterocycles. The fraction of sp³-hybridized carbons (Fsp3) is 0.360. The lowest BCUT2D eigenvalue weighted by atomic mass is 9.93. The number of aliphatic hydroxyl groups excluding tert-OH is 1. The van der Waals surface area contributed by atoms with Gasteiger partial charge in [0.05, 0.1) is 29.8 Å². The Morgan fingerprint density at radius 1 is 1.09 bits per heavy atom. The number of nitrogens with zero attached hydrogens (tertiary/aromatic N) is 3. The van der Waals surface area contributed by atoms with E-state index < -0.39 is 22.7 Å². The molecule has 0 aromatic heterocycles. The molecule has 9 nitrogen and oxygen atoms in total. The summed E-state index contributed by atoms with van der Waals surface area (Å²) in [6.45, 7) is 7.20. The standard InChI is InChI=1S/C25H27N3O6/c1-16-3-4-17(2)20(15-16)23(29)21-22(18-5-7-19(8-6-18)28(32)33)27(25(31)24(21)30)10-9-26-11-13-34-14-12-26/h3-8,15,22,29H,9-14H2,1-2H3/t22-/m0/s1. The Bertz CT molecular complexity index is 1150. The van der Waals surface area contributed by atoms with E-state index in [2.05, 4.69) is 4.90 Å². The van der Waals surface area contributed by atoms with Crippen LogP contribution in [-0.2, 0) is 14.3 Å². The van der Waals surface area contributed by atoms with Gasteiger partial charge in [0.2, 0.25) is 0 Å². The molecule has 0 bridgehead atoms. The van der Waals surface area contributed by atoms with Gasteiger partial charge in [0.15, 0.2) is 0 Å². The third-order valence-electron chi connectivity index (χ3n) is 6.37. The highest BCUT2D eigenvalue weighted by molar-refractivity contribution is 6.46. The highest BCUT2D eigenvalue weighted by Crippen LogP contribution is 2.40. The lowest BCUT2D eigenvalue weighted by Gasteiger charge is -2.31. The molecule has 178 valence electrons. The Morgan fingerprint density at radius 3 is 2.41 bits per heavy atom. The first-order valence-electron chi connectivity index (χ1n) is 11.2. The van der Waals surface area contributed by atoms with Gasteiger partial charge in [-0.3, -0.25) is 24.6 Å². The van der Waals surface area contributed by atoms with Gasteiger partial charge >= 0.3 is 0 Å². The predicted octanol–water partition coefficient (Wildman–Crippen LogP) is 2.97. The summed E-state index contributed by atoms with van der Waals surface area (Å²) in [5.74, 6) is -1.69. The molecule has 34 heavy (non-hydrogen) atoms. The molecule has 2 aliphatic heterocycles. The summed E-state index contributed by atoms with van der Waals surface area (Å²) in [4.78, 5) is 40.5. The van der Waals surface area contributed by atoms with Crippen LogP contribution in [0.1, 0.15) is 28.3 Å². The molecule has 2 aliphatic rings. The maximum absolute atomic E-state index is 13.2. The van der Waals surface area contributed by atoms with Crippen LogP contribution >= 0.6 is 0 Å². The number of amides is 1. The van der Waals surface area contributed by atoms with Crippen LogP contribution in [0, 0.1) is 24.0 Å². The number of nitro benzene ring substituents is 1. The Kier molecular flexibility index (Phi) is 6.76. The van der Waals surface area contributed by atoms with Crippen LogP contribution in [0.25, 0.3) is 5.76 Å². The largest absolute Gasteiger partial charge is 0.507 e. The fourth-order valence-corrected chi connectivity index (χ4v) is 4.45. The highest BCUT2D eigenvalue weighted by Gasteiger charge is 2.46. The number of benzene rings is 2. The zero-order valence-corrected chi connectivity index (χ0v) is 19.2. The van der Waals surface area contributed by atoms with Crippen molar-refractivity contribution in [3.63, 3.8) is 0 Å². The molecule has 0 saturated carbocycles. The number of likely N-dealkylation sites (tertiary alicyclic amines) is 1. The molecule has 9 heteroatoms. The second-order valence-corrected chi connectivity index (χ2v) is 8.61. The second-order valence-electron chi connectivity index (χ2n) is 8.61.